The van der Waals surface area contributed by atoms with Gasteiger partial charge in [0.2, 0.25) is 0 Å². The van der Waals surface area contributed by atoms with Crippen molar-refractivity contribution in [2.24, 2.45) is 0 Å². The van der Waals surface area contributed by atoms with Crippen LogP contribution >= 0.6 is 0 Å². The lowest BCUT2D eigenvalue weighted by Gasteiger charge is -2.12. The van der Waals surface area contributed by atoms with Crippen molar-refractivity contribution in [3.63, 3.8) is 0 Å². The Hall–Kier alpha value is -3.36. The molecule has 1 aliphatic carbocycles. The molecule has 4 aromatic rings. The maximum atomic E-state index is 12.5. The van der Waals surface area contributed by atoms with Crippen molar-refractivity contribution >= 4 is 22.6 Å². The van der Waals surface area contributed by atoms with E-state index >= 15 is 0 Å². The van der Waals surface area contributed by atoms with Gasteiger partial charge < -0.3 is 5.32 Å². The Morgan fingerprint density at radius 2 is 1.70 bits per heavy atom. The Kier molecular flexibility index (Phi) is 6.02. The highest BCUT2D eigenvalue weighted by Gasteiger charge is 2.18. The summed E-state index contributed by atoms with van der Waals surface area (Å²) in [6, 6.07) is 19.0. The van der Waals surface area contributed by atoms with Crippen LogP contribution in [0.1, 0.15) is 36.0 Å². The van der Waals surface area contributed by atoms with Gasteiger partial charge in [0.05, 0.1) is 29.6 Å². The molecule has 0 aliphatic heterocycles. The van der Waals surface area contributed by atoms with Crippen molar-refractivity contribution < 1.29 is 13.2 Å². The second-order valence-electron chi connectivity index (χ2n) is 8.09. The number of fused-ring (bicyclic) bond motifs is 1. The summed E-state index contributed by atoms with van der Waals surface area (Å²) in [6.45, 7) is 0. The van der Waals surface area contributed by atoms with Gasteiger partial charge in [-0.15, -0.1) is 0 Å². The molecular formula is C25H24N4O3S. The summed E-state index contributed by atoms with van der Waals surface area (Å²) in [7, 11) is 1.41. The molecule has 1 unspecified atom stereocenters. The fraction of sp³-hybridized carbons (Fsp3) is 0.240. The van der Waals surface area contributed by atoms with E-state index in [0.29, 0.717) is 16.5 Å². The molecule has 1 N–H and O–H groups in total. The molecule has 168 valence electrons. The van der Waals surface area contributed by atoms with E-state index in [4.69, 9.17) is 9.28 Å². The number of nitrogens with zero attached hydrogens (tertiary/aromatic N) is 3. The first-order valence-electron chi connectivity index (χ1n) is 10.9. The summed E-state index contributed by atoms with van der Waals surface area (Å²) in [5, 5.41) is 7.90. The van der Waals surface area contributed by atoms with Crippen LogP contribution in [-0.2, 0) is 15.3 Å². The number of benzene rings is 2. The molecule has 0 bridgehead atoms. The number of rotatable bonds is 6. The van der Waals surface area contributed by atoms with Gasteiger partial charge in [0, 0.05) is 22.7 Å². The maximum Gasteiger partial charge on any atom is 0.251 e. The Bertz CT molecular complexity index is 1310. The van der Waals surface area contributed by atoms with E-state index in [1.807, 2.05) is 48.5 Å². The standard InChI is InChI=1S/C25H24N4O3S/c1-32-33(31)21-12-10-18(11-13-21)23-16-26-24-15-14-22(28-29(23)24)17-6-8-19(9-7-17)25(30)27-20-4-2-3-5-20/h6-16,20H,2-5H2,1H3,(H,27,30). The summed E-state index contributed by atoms with van der Waals surface area (Å²) in [5.74, 6) is -0.0217. The molecule has 0 radical (unpaired) electrons. The quantitative estimate of drug-likeness (QED) is 0.461. The molecule has 2 aromatic carbocycles. The van der Waals surface area contributed by atoms with Crippen LogP contribution in [0.3, 0.4) is 0 Å². The first kappa shape index (κ1) is 21.5. The number of carbonyl (C=O) groups is 1. The van der Waals surface area contributed by atoms with Crippen molar-refractivity contribution in [2.45, 2.75) is 36.6 Å². The Labute approximate surface area is 194 Å². The predicted molar refractivity (Wildman–Crippen MR) is 127 cm³/mol. The number of carbonyl (C=O) groups excluding carboxylic acids is 1. The molecule has 1 saturated carbocycles. The van der Waals surface area contributed by atoms with Gasteiger partial charge in [-0.2, -0.15) is 5.10 Å². The number of imidazole rings is 1. The molecule has 1 fully saturated rings. The number of aromatic nitrogens is 3. The van der Waals surface area contributed by atoms with Crippen LogP contribution in [0.25, 0.3) is 28.2 Å². The summed E-state index contributed by atoms with van der Waals surface area (Å²) in [6.07, 6.45) is 6.27. The van der Waals surface area contributed by atoms with E-state index in [1.54, 1.807) is 22.8 Å². The predicted octanol–water partition coefficient (Wildman–Crippen LogP) is 4.40. The van der Waals surface area contributed by atoms with Crippen molar-refractivity contribution in [1.82, 2.24) is 19.9 Å². The molecular weight excluding hydrogens is 436 g/mol. The molecule has 0 spiro atoms. The molecule has 1 amide bonds. The minimum atomic E-state index is -1.47. The highest BCUT2D eigenvalue weighted by Crippen LogP contribution is 2.25. The van der Waals surface area contributed by atoms with Crippen LogP contribution in [0.2, 0.25) is 0 Å². The lowest BCUT2D eigenvalue weighted by Crippen LogP contribution is -2.32. The van der Waals surface area contributed by atoms with Gasteiger partial charge in [0.1, 0.15) is 0 Å². The van der Waals surface area contributed by atoms with Crippen molar-refractivity contribution in [2.75, 3.05) is 7.11 Å². The molecule has 33 heavy (non-hydrogen) atoms. The zero-order valence-electron chi connectivity index (χ0n) is 18.2. The molecule has 1 aliphatic rings. The van der Waals surface area contributed by atoms with Gasteiger partial charge in [0.15, 0.2) is 16.7 Å². The first-order valence-corrected chi connectivity index (χ1v) is 12.0. The van der Waals surface area contributed by atoms with Crippen LogP contribution < -0.4 is 5.32 Å². The zero-order valence-corrected chi connectivity index (χ0v) is 19.0. The monoisotopic (exact) mass is 460 g/mol. The fourth-order valence-corrected chi connectivity index (χ4v) is 4.74. The van der Waals surface area contributed by atoms with Gasteiger partial charge in [-0.25, -0.2) is 13.7 Å². The highest BCUT2D eigenvalue weighted by molar-refractivity contribution is 7.80. The Morgan fingerprint density at radius 3 is 2.39 bits per heavy atom. The van der Waals surface area contributed by atoms with Crippen molar-refractivity contribution in [3.8, 4) is 22.5 Å². The Morgan fingerprint density at radius 1 is 1.00 bits per heavy atom. The molecule has 8 heteroatoms. The molecule has 7 nitrogen and oxygen atoms in total. The third kappa shape index (κ3) is 4.44. The number of nitrogens with one attached hydrogen (secondary N) is 1. The van der Waals surface area contributed by atoms with Crippen LogP contribution in [0, 0.1) is 0 Å². The Balaban J connectivity index is 1.40. The number of hydrogen-bond donors (Lipinski definition) is 1. The second-order valence-corrected chi connectivity index (χ2v) is 9.36. The van der Waals surface area contributed by atoms with Crippen molar-refractivity contribution in [1.29, 1.82) is 0 Å². The third-order valence-corrected chi connectivity index (χ3v) is 6.95. The van der Waals surface area contributed by atoms with Crippen LogP contribution in [0.5, 0.6) is 0 Å². The van der Waals surface area contributed by atoms with Gasteiger partial charge in [-0.1, -0.05) is 37.1 Å². The highest BCUT2D eigenvalue weighted by atomic mass is 32.2. The zero-order chi connectivity index (χ0) is 22.8. The van der Waals surface area contributed by atoms with Crippen LogP contribution in [0.4, 0.5) is 0 Å². The molecule has 2 heterocycles. The van der Waals surface area contributed by atoms with E-state index in [9.17, 15) is 9.00 Å². The normalized spacial score (nSPS) is 15.1. The summed E-state index contributed by atoms with van der Waals surface area (Å²) >= 11 is -1.47. The summed E-state index contributed by atoms with van der Waals surface area (Å²) in [5.41, 5.74) is 4.81. The fourth-order valence-electron chi connectivity index (χ4n) is 4.19. The largest absolute Gasteiger partial charge is 0.349 e. The average Bonchev–Trinajstić information content (AvgIpc) is 3.53. The molecule has 2 aromatic heterocycles. The topological polar surface area (TPSA) is 85.6 Å². The van der Waals surface area contributed by atoms with Crippen LogP contribution in [0.15, 0.2) is 71.8 Å². The van der Waals surface area contributed by atoms with E-state index in [2.05, 4.69) is 10.3 Å². The minimum absolute atomic E-state index is 0.0217. The van der Waals surface area contributed by atoms with Gasteiger partial charge in [0.25, 0.3) is 5.91 Å². The van der Waals surface area contributed by atoms with E-state index in [1.165, 1.54) is 20.0 Å². The van der Waals surface area contributed by atoms with Crippen LogP contribution in [-0.4, -0.2) is 37.9 Å². The maximum absolute atomic E-state index is 12.5. The molecule has 5 rings (SSSR count). The van der Waals surface area contributed by atoms with E-state index in [-0.39, 0.29) is 5.91 Å². The van der Waals surface area contributed by atoms with Gasteiger partial charge in [-0.05, 0) is 49.2 Å². The lowest BCUT2D eigenvalue weighted by atomic mass is 10.1. The first-order chi connectivity index (χ1) is 16.1. The molecule has 0 saturated heterocycles. The SMILES string of the molecule is COS(=O)c1ccc(-c2cnc3ccc(-c4ccc(C(=O)NC5CCCC5)cc4)nn23)cc1. The number of amides is 1. The smallest absolute Gasteiger partial charge is 0.251 e. The lowest BCUT2D eigenvalue weighted by molar-refractivity contribution is 0.0938. The van der Waals surface area contributed by atoms with Crippen molar-refractivity contribution in [3.05, 3.63) is 72.4 Å². The average molecular weight is 461 g/mol. The minimum Gasteiger partial charge on any atom is -0.349 e. The van der Waals surface area contributed by atoms with E-state index in [0.717, 1.165) is 41.0 Å². The summed E-state index contributed by atoms with van der Waals surface area (Å²) in [4.78, 5) is 17.6. The third-order valence-electron chi connectivity index (χ3n) is 5.99. The van der Waals surface area contributed by atoms with Gasteiger partial charge in [-0.3, -0.25) is 8.98 Å². The molecule has 1 atom stereocenters. The van der Waals surface area contributed by atoms with Gasteiger partial charge >= 0.3 is 0 Å². The number of hydrogen-bond acceptors (Lipinski definition) is 5. The second kappa shape index (κ2) is 9.25. The summed E-state index contributed by atoms with van der Waals surface area (Å²) < 4.78 is 18.5. The van der Waals surface area contributed by atoms with E-state index < -0.39 is 11.1 Å².